The monoisotopic (exact) mass is 295 g/mol. The summed E-state index contributed by atoms with van der Waals surface area (Å²) in [5.41, 5.74) is 2.29. The molecule has 1 N–H and O–H groups in total. The van der Waals surface area contributed by atoms with Crippen LogP contribution in [0.4, 0.5) is 0 Å². The van der Waals surface area contributed by atoms with E-state index in [1.54, 1.807) is 23.2 Å². The van der Waals surface area contributed by atoms with Crippen molar-refractivity contribution in [2.45, 2.75) is 19.9 Å². The van der Waals surface area contributed by atoms with E-state index >= 15 is 0 Å². The zero-order valence-corrected chi connectivity index (χ0v) is 12.5. The molecule has 1 amide bonds. The molecule has 0 aliphatic rings. The van der Waals surface area contributed by atoms with Gasteiger partial charge >= 0.3 is 0 Å². The Bertz CT molecular complexity index is 761. The molecule has 1 aromatic carbocycles. The highest BCUT2D eigenvalue weighted by atomic mass is 16.3. The molecule has 0 saturated heterocycles. The summed E-state index contributed by atoms with van der Waals surface area (Å²) >= 11 is 0. The zero-order valence-electron chi connectivity index (χ0n) is 12.5. The van der Waals surface area contributed by atoms with Crippen LogP contribution in [0.25, 0.3) is 5.69 Å². The van der Waals surface area contributed by atoms with E-state index in [2.05, 4.69) is 10.4 Å². The van der Waals surface area contributed by atoms with E-state index in [9.17, 15) is 4.79 Å². The second kappa shape index (κ2) is 5.89. The zero-order chi connectivity index (χ0) is 15.5. The molecule has 0 bridgehead atoms. The lowest BCUT2D eigenvalue weighted by atomic mass is 10.2. The van der Waals surface area contributed by atoms with E-state index in [0.29, 0.717) is 5.56 Å². The molecule has 0 radical (unpaired) electrons. The number of amides is 1. The van der Waals surface area contributed by atoms with E-state index in [4.69, 9.17) is 4.42 Å². The number of hydrogen-bond donors (Lipinski definition) is 1. The number of nitrogens with zero attached hydrogens (tertiary/aromatic N) is 2. The second-order valence-corrected chi connectivity index (χ2v) is 5.10. The van der Waals surface area contributed by atoms with E-state index in [1.807, 2.05) is 50.2 Å². The Morgan fingerprint density at radius 1 is 1.23 bits per heavy atom. The molecule has 0 aliphatic heterocycles. The summed E-state index contributed by atoms with van der Waals surface area (Å²) in [7, 11) is 0. The first kappa shape index (κ1) is 14.1. The maximum absolute atomic E-state index is 12.4. The Balaban J connectivity index is 1.81. The summed E-state index contributed by atoms with van der Waals surface area (Å²) < 4.78 is 7.06. The number of rotatable bonds is 4. The topological polar surface area (TPSA) is 60.1 Å². The molecule has 0 spiro atoms. The molecule has 5 heteroatoms. The molecule has 2 aromatic heterocycles. The van der Waals surface area contributed by atoms with E-state index in [0.717, 1.165) is 17.1 Å². The molecule has 22 heavy (non-hydrogen) atoms. The number of furan rings is 1. The second-order valence-electron chi connectivity index (χ2n) is 5.10. The first-order chi connectivity index (χ1) is 10.7. The molecule has 0 saturated carbocycles. The van der Waals surface area contributed by atoms with Crippen LogP contribution in [0.3, 0.4) is 0 Å². The fourth-order valence-electron chi connectivity index (χ4n) is 2.35. The molecular weight excluding hydrogens is 278 g/mol. The molecule has 0 fully saturated rings. The van der Waals surface area contributed by atoms with Gasteiger partial charge in [0.2, 0.25) is 0 Å². The molecule has 0 aliphatic carbocycles. The van der Waals surface area contributed by atoms with E-state index in [-0.39, 0.29) is 11.9 Å². The minimum Gasteiger partial charge on any atom is -0.467 e. The molecular formula is C17H17N3O2. The van der Waals surface area contributed by atoms with Crippen LogP contribution in [0.1, 0.15) is 34.8 Å². The van der Waals surface area contributed by atoms with Gasteiger partial charge in [-0.25, -0.2) is 4.68 Å². The van der Waals surface area contributed by atoms with Crippen molar-refractivity contribution < 1.29 is 9.21 Å². The average molecular weight is 295 g/mol. The van der Waals surface area contributed by atoms with Gasteiger partial charge in [0.25, 0.3) is 5.91 Å². The highest BCUT2D eigenvalue weighted by Gasteiger charge is 2.18. The van der Waals surface area contributed by atoms with Gasteiger partial charge in [-0.2, -0.15) is 5.10 Å². The maximum atomic E-state index is 12.4. The lowest BCUT2D eigenvalue weighted by Gasteiger charge is -2.11. The molecule has 1 atom stereocenters. The Kier molecular flexibility index (Phi) is 3.78. The molecule has 3 rings (SSSR count). The predicted octanol–water partition coefficient (Wildman–Crippen LogP) is 3.26. The van der Waals surface area contributed by atoms with Gasteiger partial charge in [0.1, 0.15) is 5.76 Å². The number of benzene rings is 1. The van der Waals surface area contributed by atoms with Crippen LogP contribution in [-0.2, 0) is 0 Å². The van der Waals surface area contributed by atoms with Gasteiger partial charge in [-0.05, 0) is 38.1 Å². The van der Waals surface area contributed by atoms with Crippen molar-refractivity contribution in [3.8, 4) is 5.69 Å². The normalized spacial score (nSPS) is 12.1. The minimum atomic E-state index is -0.193. The fraction of sp³-hybridized carbons (Fsp3) is 0.176. The van der Waals surface area contributed by atoms with E-state index in [1.165, 1.54) is 0 Å². The number of nitrogens with one attached hydrogen (secondary N) is 1. The first-order valence-electron chi connectivity index (χ1n) is 7.11. The van der Waals surface area contributed by atoms with Crippen molar-refractivity contribution in [3.05, 3.63) is 71.9 Å². The van der Waals surface area contributed by atoms with Crippen molar-refractivity contribution in [3.63, 3.8) is 0 Å². The standard InChI is InChI=1S/C17H17N3O2/c1-12(16-9-6-10-22-16)19-17(21)15-11-18-20(13(15)2)14-7-4-3-5-8-14/h3-12H,1-2H3,(H,19,21)/t12-/m1/s1. The van der Waals surface area contributed by atoms with Crippen LogP contribution in [0.2, 0.25) is 0 Å². The average Bonchev–Trinajstić information content (AvgIpc) is 3.17. The predicted molar refractivity (Wildman–Crippen MR) is 82.9 cm³/mol. The lowest BCUT2D eigenvalue weighted by Crippen LogP contribution is -2.26. The Morgan fingerprint density at radius 2 is 2.00 bits per heavy atom. The molecule has 112 valence electrons. The van der Waals surface area contributed by atoms with Crippen molar-refractivity contribution in [1.29, 1.82) is 0 Å². The molecule has 2 heterocycles. The largest absolute Gasteiger partial charge is 0.467 e. The number of carbonyl (C=O) groups excluding carboxylic acids is 1. The van der Waals surface area contributed by atoms with Gasteiger partial charge in [-0.3, -0.25) is 4.79 Å². The summed E-state index contributed by atoms with van der Waals surface area (Å²) in [4.78, 5) is 12.4. The number of para-hydroxylation sites is 1. The summed E-state index contributed by atoms with van der Waals surface area (Å²) in [5.74, 6) is 0.560. The third kappa shape index (κ3) is 2.65. The van der Waals surface area contributed by atoms with Crippen LogP contribution < -0.4 is 5.32 Å². The maximum Gasteiger partial charge on any atom is 0.255 e. The van der Waals surface area contributed by atoms with Crippen LogP contribution in [0.15, 0.2) is 59.3 Å². The van der Waals surface area contributed by atoms with Gasteiger partial charge in [0.15, 0.2) is 0 Å². The summed E-state index contributed by atoms with van der Waals surface area (Å²) in [6.45, 7) is 3.76. The summed E-state index contributed by atoms with van der Waals surface area (Å²) in [6, 6.07) is 13.2. The van der Waals surface area contributed by atoms with Gasteiger partial charge < -0.3 is 9.73 Å². The van der Waals surface area contributed by atoms with Crippen molar-refractivity contribution in [2.24, 2.45) is 0 Å². The van der Waals surface area contributed by atoms with Crippen molar-refractivity contribution in [2.75, 3.05) is 0 Å². The van der Waals surface area contributed by atoms with Crippen LogP contribution in [0, 0.1) is 6.92 Å². The third-order valence-electron chi connectivity index (χ3n) is 3.57. The van der Waals surface area contributed by atoms with Crippen LogP contribution in [-0.4, -0.2) is 15.7 Å². The lowest BCUT2D eigenvalue weighted by molar-refractivity contribution is 0.0934. The van der Waals surface area contributed by atoms with Crippen molar-refractivity contribution in [1.82, 2.24) is 15.1 Å². The Labute approximate surface area is 128 Å². The summed E-state index contributed by atoms with van der Waals surface area (Å²) in [6.07, 6.45) is 3.18. The van der Waals surface area contributed by atoms with Crippen molar-refractivity contribution >= 4 is 5.91 Å². The smallest absolute Gasteiger partial charge is 0.255 e. The minimum absolute atomic E-state index is 0.163. The Hall–Kier alpha value is -2.82. The molecule has 0 unspecified atom stereocenters. The van der Waals surface area contributed by atoms with Gasteiger partial charge in [0.05, 0.1) is 35.4 Å². The molecule has 5 nitrogen and oxygen atoms in total. The number of aromatic nitrogens is 2. The third-order valence-corrected chi connectivity index (χ3v) is 3.57. The quantitative estimate of drug-likeness (QED) is 0.803. The van der Waals surface area contributed by atoms with Crippen LogP contribution in [0.5, 0.6) is 0 Å². The summed E-state index contributed by atoms with van der Waals surface area (Å²) in [5, 5.41) is 7.23. The van der Waals surface area contributed by atoms with Gasteiger partial charge in [0, 0.05) is 0 Å². The first-order valence-corrected chi connectivity index (χ1v) is 7.11. The fourth-order valence-corrected chi connectivity index (χ4v) is 2.35. The number of hydrogen-bond acceptors (Lipinski definition) is 3. The van der Waals surface area contributed by atoms with Gasteiger partial charge in [-0.1, -0.05) is 18.2 Å². The highest BCUT2D eigenvalue weighted by molar-refractivity contribution is 5.95. The van der Waals surface area contributed by atoms with E-state index < -0.39 is 0 Å². The van der Waals surface area contributed by atoms with Crippen LogP contribution >= 0.6 is 0 Å². The number of carbonyl (C=O) groups is 1. The highest BCUT2D eigenvalue weighted by Crippen LogP contribution is 2.16. The Morgan fingerprint density at radius 3 is 2.68 bits per heavy atom. The SMILES string of the molecule is Cc1c(C(=O)N[C@H](C)c2ccco2)cnn1-c1ccccc1. The molecule has 3 aromatic rings. The van der Waals surface area contributed by atoms with Gasteiger partial charge in [-0.15, -0.1) is 0 Å².